The van der Waals surface area contributed by atoms with Crippen molar-refractivity contribution in [2.24, 2.45) is 0 Å². The fourth-order valence-corrected chi connectivity index (χ4v) is 5.07. The van der Waals surface area contributed by atoms with Crippen LogP contribution >= 0.6 is 22.9 Å². The minimum atomic E-state index is -3.24. The first-order valence-corrected chi connectivity index (χ1v) is 12.0. The van der Waals surface area contributed by atoms with Gasteiger partial charge in [-0.15, -0.1) is 11.3 Å². The van der Waals surface area contributed by atoms with Crippen molar-refractivity contribution in [3.63, 3.8) is 0 Å². The molecule has 3 aromatic carbocycles. The first-order chi connectivity index (χ1) is 13.8. The fourth-order valence-electron chi connectivity index (χ4n) is 3.03. The standard InChI is InChI=1S/C23H18ClNO2S2/c1-15-7-9-16(10-8-15)21-22(17-11-13-18(14-12-17)29(2,26)27)28-23(25-21)19-5-3-4-6-20(19)24/h3-14H,1-2H3. The molecule has 0 unspecified atom stereocenters. The number of aryl methyl sites for hydroxylation is 1. The fraction of sp³-hybridized carbons (Fsp3) is 0.0870. The molecule has 3 nitrogen and oxygen atoms in total. The molecule has 0 saturated heterocycles. The van der Waals surface area contributed by atoms with Crippen molar-refractivity contribution in [2.45, 2.75) is 11.8 Å². The number of nitrogens with zero attached hydrogens (tertiary/aromatic N) is 1. The molecule has 0 aliphatic heterocycles. The van der Waals surface area contributed by atoms with Gasteiger partial charge in [-0.3, -0.25) is 0 Å². The van der Waals surface area contributed by atoms with Gasteiger partial charge in [-0.2, -0.15) is 0 Å². The Hall–Kier alpha value is -2.47. The molecule has 0 radical (unpaired) electrons. The average molecular weight is 440 g/mol. The van der Waals surface area contributed by atoms with Crippen LogP contribution in [0.15, 0.2) is 77.7 Å². The maximum absolute atomic E-state index is 11.8. The summed E-state index contributed by atoms with van der Waals surface area (Å²) < 4.78 is 23.6. The molecule has 0 bridgehead atoms. The molecule has 1 aromatic heterocycles. The van der Waals surface area contributed by atoms with Crippen LogP contribution in [0, 0.1) is 6.92 Å². The summed E-state index contributed by atoms with van der Waals surface area (Å²) in [7, 11) is -3.24. The van der Waals surface area contributed by atoms with Crippen molar-refractivity contribution in [1.29, 1.82) is 0 Å². The van der Waals surface area contributed by atoms with E-state index in [9.17, 15) is 8.42 Å². The Labute approximate surface area is 179 Å². The smallest absolute Gasteiger partial charge is 0.175 e. The summed E-state index contributed by atoms with van der Waals surface area (Å²) in [6, 6.07) is 22.8. The highest BCUT2D eigenvalue weighted by Crippen LogP contribution is 2.42. The molecule has 29 heavy (non-hydrogen) atoms. The molecule has 0 amide bonds. The molecule has 0 fully saturated rings. The summed E-state index contributed by atoms with van der Waals surface area (Å²) in [4.78, 5) is 6.18. The van der Waals surface area contributed by atoms with Crippen LogP contribution in [0.25, 0.3) is 32.3 Å². The van der Waals surface area contributed by atoms with E-state index in [2.05, 4.69) is 24.3 Å². The van der Waals surface area contributed by atoms with Gasteiger partial charge in [0.1, 0.15) is 5.01 Å². The van der Waals surface area contributed by atoms with Crippen LogP contribution < -0.4 is 0 Å². The average Bonchev–Trinajstić information content (AvgIpc) is 3.13. The zero-order valence-electron chi connectivity index (χ0n) is 15.9. The van der Waals surface area contributed by atoms with Crippen LogP contribution in [0.4, 0.5) is 0 Å². The van der Waals surface area contributed by atoms with Crippen molar-refractivity contribution in [2.75, 3.05) is 6.26 Å². The number of halogens is 1. The number of hydrogen-bond donors (Lipinski definition) is 0. The molecule has 0 aliphatic rings. The second-order valence-corrected chi connectivity index (χ2v) is 10.3. The molecule has 0 spiro atoms. The maximum atomic E-state index is 11.8. The van der Waals surface area contributed by atoms with E-state index in [0.29, 0.717) is 9.92 Å². The van der Waals surface area contributed by atoms with E-state index in [1.165, 1.54) is 11.8 Å². The highest BCUT2D eigenvalue weighted by atomic mass is 35.5. The van der Waals surface area contributed by atoms with E-state index in [0.717, 1.165) is 32.3 Å². The Kier molecular flexibility index (Phi) is 5.30. The molecular formula is C23H18ClNO2S2. The molecule has 0 aliphatic carbocycles. The van der Waals surface area contributed by atoms with Crippen LogP contribution in [-0.4, -0.2) is 19.7 Å². The van der Waals surface area contributed by atoms with E-state index in [-0.39, 0.29) is 0 Å². The SMILES string of the molecule is Cc1ccc(-c2nc(-c3ccccc3Cl)sc2-c2ccc(S(C)(=O)=O)cc2)cc1. The number of hydrogen-bond acceptors (Lipinski definition) is 4. The number of aromatic nitrogens is 1. The van der Waals surface area contributed by atoms with Gasteiger partial charge in [0.05, 0.1) is 20.5 Å². The number of thiazole rings is 1. The van der Waals surface area contributed by atoms with Gasteiger partial charge < -0.3 is 0 Å². The maximum Gasteiger partial charge on any atom is 0.175 e. The largest absolute Gasteiger partial charge is 0.235 e. The Balaban J connectivity index is 1.89. The Morgan fingerprint density at radius 1 is 0.862 bits per heavy atom. The lowest BCUT2D eigenvalue weighted by molar-refractivity contribution is 0.602. The van der Waals surface area contributed by atoms with Gasteiger partial charge in [0, 0.05) is 17.4 Å². The normalized spacial score (nSPS) is 11.6. The number of sulfone groups is 1. The van der Waals surface area contributed by atoms with Gasteiger partial charge in [-0.05, 0) is 30.7 Å². The summed E-state index contributed by atoms with van der Waals surface area (Å²) in [5.41, 5.74) is 4.84. The topological polar surface area (TPSA) is 47.0 Å². The monoisotopic (exact) mass is 439 g/mol. The number of rotatable bonds is 4. The van der Waals surface area contributed by atoms with Gasteiger partial charge >= 0.3 is 0 Å². The number of benzene rings is 3. The van der Waals surface area contributed by atoms with Gasteiger partial charge in [0.25, 0.3) is 0 Å². The van der Waals surface area contributed by atoms with Crippen LogP contribution in [0.1, 0.15) is 5.56 Å². The van der Waals surface area contributed by atoms with E-state index < -0.39 is 9.84 Å². The third-order valence-corrected chi connectivity index (χ3v) is 7.20. The second-order valence-electron chi connectivity index (χ2n) is 6.84. The Morgan fingerprint density at radius 3 is 2.10 bits per heavy atom. The summed E-state index contributed by atoms with van der Waals surface area (Å²) in [5, 5.41) is 1.48. The van der Waals surface area contributed by atoms with Crippen LogP contribution in [0.2, 0.25) is 5.02 Å². The van der Waals surface area contributed by atoms with Gasteiger partial charge in [0.2, 0.25) is 0 Å². The highest BCUT2D eigenvalue weighted by Gasteiger charge is 2.18. The predicted molar refractivity (Wildman–Crippen MR) is 121 cm³/mol. The van der Waals surface area contributed by atoms with Crippen LogP contribution in [-0.2, 0) is 9.84 Å². The van der Waals surface area contributed by atoms with Crippen molar-refractivity contribution in [3.8, 4) is 32.3 Å². The predicted octanol–water partition coefficient (Wildman–Crippen LogP) is 6.51. The lowest BCUT2D eigenvalue weighted by atomic mass is 10.1. The van der Waals surface area contributed by atoms with Crippen LogP contribution in [0.5, 0.6) is 0 Å². The van der Waals surface area contributed by atoms with E-state index >= 15 is 0 Å². The molecule has 0 saturated carbocycles. The first kappa shape index (κ1) is 19.8. The zero-order valence-corrected chi connectivity index (χ0v) is 18.3. The molecule has 146 valence electrons. The van der Waals surface area contributed by atoms with E-state index in [1.807, 2.05) is 43.3 Å². The van der Waals surface area contributed by atoms with Crippen molar-refractivity contribution in [3.05, 3.63) is 83.4 Å². The third kappa shape index (κ3) is 4.13. The quantitative estimate of drug-likeness (QED) is 0.364. The lowest BCUT2D eigenvalue weighted by Gasteiger charge is -2.05. The Morgan fingerprint density at radius 2 is 1.48 bits per heavy atom. The third-order valence-electron chi connectivity index (χ3n) is 4.60. The van der Waals surface area contributed by atoms with Crippen LogP contribution in [0.3, 0.4) is 0 Å². The Bertz CT molecular complexity index is 1280. The molecular weight excluding hydrogens is 422 g/mol. The summed E-state index contributed by atoms with van der Waals surface area (Å²) >= 11 is 7.95. The molecule has 4 aromatic rings. The highest BCUT2D eigenvalue weighted by molar-refractivity contribution is 7.90. The van der Waals surface area contributed by atoms with Gasteiger partial charge in [-0.25, -0.2) is 13.4 Å². The molecule has 0 N–H and O–H groups in total. The van der Waals surface area contributed by atoms with E-state index in [4.69, 9.17) is 16.6 Å². The van der Waals surface area contributed by atoms with Crippen molar-refractivity contribution < 1.29 is 8.42 Å². The van der Waals surface area contributed by atoms with E-state index in [1.54, 1.807) is 23.5 Å². The molecule has 6 heteroatoms. The van der Waals surface area contributed by atoms with Gasteiger partial charge in [-0.1, -0.05) is 71.8 Å². The van der Waals surface area contributed by atoms with Gasteiger partial charge in [0.15, 0.2) is 9.84 Å². The molecule has 1 heterocycles. The first-order valence-electron chi connectivity index (χ1n) is 8.96. The molecule has 4 rings (SSSR count). The minimum absolute atomic E-state index is 0.300. The second kappa shape index (κ2) is 7.75. The summed E-state index contributed by atoms with van der Waals surface area (Å²) in [6.45, 7) is 2.05. The van der Waals surface area contributed by atoms with Crippen molar-refractivity contribution in [1.82, 2.24) is 4.98 Å². The summed E-state index contributed by atoms with van der Waals surface area (Å²) in [5.74, 6) is 0. The molecule has 0 atom stereocenters. The minimum Gasteiger partial charge on any atom is -0.235 e. The zero-order chi connectivity index (χ0) is 20.6. The lowest BCUT2D eigenvalue weighted by Crippen LogP contribution is -1.96. The van der Waals surface area contributed by atoms with Crippen molar-refractivity contribution >= 4 is 32.8 Å². The summed E-state index contributed by atoms with van der Waals surface area (Å²) in [6.07, 6.45) is 1.21.